The lowest BCUT2D eigenvalue weighted by molar-refractivity contribution is -0.137. The fourth-order valence-electron chi connectivity index (χ4n) is 2.03. The average Bonchev–Trinajstić information content (AvgIpc) is 2.99. The summed E-state index contributed by atoms with van der Waals surface area (Å²) in [4.78, 5) is 24.7. The number of benzene rings is 1. The SMILES string of the molecule is C[C@@H](Cc1cccs1)NC(=O)C(=O)Nc1cccc(C(F)(F)F)c1. The molecule has 0 aliphatic rings. The highest BCUT2D eigenvalue weighted by molar-refractivity contribution is 7.09. The molecule has 0 aliphatic carbocycles. The molecule has 8 heteroatoms. The summed E-state index contributed by atoms with van der Waals surface area (Å²) in [6, 6.07) is 7.64. The third-order valence-electron chi connectivity index (χ3n) is 3.12. The Morgan fingerprint density at radius 3 is 2.54 bits per heavy atom. The lowest BCUT2D eigenvalue weighted by Gasteiger charge is -2.13. The van der Waals surface area contributed by atoms with Crippen LogP contribution < -0.4 is 10.6 Å². The predicted molar refractivity (Wildman–Crippen MR) is 85.7 cm³/mol. The number of anilines is 1. The summed E-state index contributed by atoms with van der Waals surface area (Å²) in [5.74, 6) is -1.90. The van der Waals surface area contributed by atoms with Gasteiger partial charge in [0, 0.05) is 23.0 Å². The summed E-state index contributed by atoms with van der Waals surface area (Å²) in [5.41, 5.74) is -0.984. The number of thiophene rings is 1. The number of hydrogen-bond acceptors (Lipinski definition) is 3. The molecule has 1 atom stereocenters. The molecule has 0 aliphatic heterocycles. The van der Waals surface area contributed by atoms with Crippen molar-refractivity contribution in [3.8, 4) is 0 Å². The highest BCUT2D eigenvalue weighted by Crippen LogP contribution is 2.30. The molecule has 2 N–H and O–H groups in total. The minimum Gasteiger partial charge on any atom is -0.345 e. The molecule has 0 spiro atoms. The van der Waals surface area contributed by atoms with Gasteiger partial charge in [0.05, 0.1) is 5.56 Å². The van der Waals surface area contributed by atoms with E-state index in [1.54, 1.807) is 6.92 Å². The molecule has 2 amide bonds. The molecule has 1 aromatic carbocycles. The number of carbonyl (C=O) groups is 2. The summed E-state index contributed by atoms with van der Waals surface area (Å²) in [6.07, 6.45) is -3.95. The molecular formula is C16H15F3N2O2S. The normalized spacial score (nSPS) is 12.5. The molecule has 2 aromatic rings. The zero-order valence-electron chi connectivity index (χ0n) is 12.7. The highest BCUT2D eigenvalue weighted by atomic mass is 32.1. The minimum atomic E-state index is -4.52. The van der Waals surface area contributed by atoms with Gasteiger partial charge >= 0.3 is 18.0 Å². The van der Waals surface area contributed by atoms with E-state index in [9.17, 15) is 22.8 Å². The average molecular weight is 356 g/mol. The number of halogens is 3. The van der Waals surface area contributed by atoms with Gasteiger partial charge in [0.1, 0.15) is 0 Å². The minimum absolute atomic E-state index is 0.0871. The predicted octanol–water partition coefficient (Wildman–Crippen LogP) is 3.45. The van der Waals surface area contributed by atoms with Crippen LogP contribution in [0.15, 0.2) is 41.8 Å². The van der Waals surface area contributed by atoms with Crippen molar-refractivity contribution >= 4 is 28.8 Å². The van der Waals surface area contributed by atoms with Crippen molar-refractivity contribution in [2.24, 2.45) is 0 Å². The standard InChI is InChI=1S/C16H15F3N2O2S/c1-10(8-13-6-3-7-24-13)20-14(22)15(23)21-12-5-2-4-11(9-12)16(17,18)19/h2-7,9-10H,8H2,1H3,(H,20,22)(H,21,23)/t10-/m0/s1. The van der Waals surface area contributed by atoms with E-state index in [2.05, 4.69) is 10.6 Å². The molecule has 0 fully saturated rings. The summed E-state index contributed by atoms with van der Waals surface area (Å²) in [5, 5.41) is 6.59. The van der Waals surface area contributed by atoms with Gasteiger partial charge in [-0.1, -0.05) is 12.1 Å². The molecule has 1 aromatic heterocycles. The number of rotatable bonds is 4. The van der Waals surface area contributed by atoms with Gasteiger partial charge in [-0.2, -0.15) is 13.2 Å². The Morgan fingerprint density at radius 1 is 1.17 bits per heavy atom. The molecule has 0 radical (unpaired) electrons. The van der Waals surface area contributed by atoms with E-state index in [1.165, 1.54) is 17.4 Å². The van der Waals surface area contributed by atoms with Crippen molar-refractivity contribution in [2.45, 2.75) is 25.6 Å². The monoisotopic (exact) mass is 356 g/mol. The smallest absolute Gasteiger partial charge is 0.345 e. The van der Waals surface area contributed by atoms with Crippen molar-refractivity contribution in [3.05, 3.63) is 52.2 Å². The number of alkyl halides is 3. The molecule has 0 saturated heterocycles. The summed E-state index contributed by atoms with van der Waals surface area (Å²) in [7, 11) is 0. The molecule has 4 nitrogen and oxygen atoms in total. The summed E-state index contributed by atoms with van der Waals surface area (Å²) >= 11 is 1.53. The van der Waals surface area contributed by atoms with E-state index < -0.39 is 23.6 Å². The van der Waals surface area contributed by atoms with Crippen LogP contribution in [0.4, 0.5) is 18.9 Å². The van der Waals surface area contributed by atoms with E-state index in [1.807, 2.05) is 17.5 Å². The first-order chi connectivity index (χ1) is 11.3. The Balaban J connectivity index is 1.93. The zero-order valence-corrected chi connectivity index (χ0v) is 13.5. The molecule has 1 heterocycles. The van der Waals surface area contributed by atoms with Gasteiger partial charge in [0.2, 0.25) is 0 Å². The van der Waals surface area contributed by atoms with E-state index in [-0.39, 0.29) is 11.7 Å². The zero-order chi connectivity index (χ0) is 17.7. The Hall–Kier alpha value is -2.35. The lowest BCUT2D eigenvalue weighted by Crippen LogP contribution is -2.41. The van der Waals surface area contributed by atoms with Gasteiger partial charge < -0.3 is 10.6 Å². The second kappa shape index (κ2) is 7.48. The summed E-state index contributed by atoms with van der Waals surface area (Å²) in [6.45, 7) is 1.75. The number of nitrogens with one attached hydrogen (secondary N) is 2. The van der Waals surface area contributed by atoms with E-state index >= 15 is 0 Å². The summed E-state index contributed by atoms with van der Waals surface area (Å²) < 4.78 is 37.9. The molecule has 2 rings (SSSR count). The third-order valence-corrected chi connectivity index (χ3v) is 4.02. The lowest BCUT2D eigenvalue weighted by atomic mass is 10.2. The topological polar surface area (TPSA) is 58.2 Å². The first-order valence-electron chi connectivity index (χ1n) is 7.07. The fraction of sp³-hybridized carbons (Fsp3) is 0.250. The largest absolute Gasteiger partial charge is 0.416 e. The van der Waals surface area contributed by atoms with Gasteiger partial charge in [0.15, 0.2) is 0 Å². The van der Waals surface area contributed by atoms with Crippen molar-refractivity contribution in [2.75, 3.05) is 5.32 Å². The second-order valence-electron chi connectivity index (χ2n) is 5.19. The molecule has 0 saturated carbocycles. The number of amides is 2. The molecular weight excluding hydrogens is 341 g/mol. The van der Waals surface area contributed by atoms with Crippen molar-refractivity contribution < 1.29 is 22.8 Å². The van der Waals surface area contributed by atoms with Crippen LogP contribution in [-0.4, -0.2) is 17.9 Å². The van der Waals surface area contributed by atoms with Gasteiger partial charge in [-0.25, -0.2) is 0 Å². The van der Waals surface area contributed by atoms with Crippen LogP contribution in [0.3, 0.4) is 0 Å². The maximum absolute atomic E-state index is 12.6. The highest BCUT2D eigenvalue weighted by Gasteiger charge is 2.30. The fourth-order valence-corrected chi connectivity index (χ4v) is 2.87. The van der Waals surface area contributed by atoms with Crippen LogP contribution in [0.5, 0.6) is 0 Å². The number of carbonyl (C=O) groups excluding carboxylic acids is 2. The van der Waals surface area contributed by atoms with Crippen LogP contribution >= 0.6 is 11.3 Å². The van der Waals surface area contributed by atoms with Gasteiger partial charge in [0.25, 0.3) is 0 Å². The van der Waals surface area contributed by atoms with Crippen molar-refractivity contribution in [1.29, 1.82) is 0 Å². The van der Waals surface area contributed by atoms with Gasteiger partial charge in [-0.05, 0) is 36.6 Å². The van der Waals surface area contributed by atoms with Crippen LogP contribution in [0.2, 0.25) is 0 Å². The van der Waals surface area contributed by atoms with Crippen LogP contribution in [0.1, 0.15) is 17.4 Å². The third kappa shape index (κ3) is 5.09. The number of hydrogen-bond donors (Lipinski definition) is 2. The molecule has 0 bridgehead atoms. The van der Waals surface area contributed by atoms with Crippen molar-refractivity contribution in [1.82, 2.24) is 5.32 Å². The Bertz CT molecular complexity index is 714. The van der Waals surface area contributed by atoms with Crippen LogP contribution in [0, 0.1) is 0 Å². The van der Waals surface area contributed by atoms with Crippen molar-refractivity contribution in [3.63, 3.8) is 0 Å². The molecule has 128 valence electrons. The van der Waals surface area contributed by atoms with E-state index in [4.69, 9.17) is 0 Å². The quantitative estimate of drug-likeness (QED) is 0.825. The van der Waals surface area contributed by atoms with Crippen LogP contribution in [-0.2, 0) is 22.2 Å². The first kappa shape index (κ1) is 18.0. The Labute approximate surface area is 140 Å². The maximum Gasteiger partial charge on any atom is 0.416 e. The van der Waals surface area contributed by atoms with Gasteiger partial charge in [-0.15, -0.1) is 11.3 Å². The van der Waals surface area contributed by atoms with Crippen LogP contribution in [0.25, 0.3) is 0 Å². The maximum atomic E-state index is 12.6. The van der Waals surface area contributed by atoms with Gasteiger partial charge in [-0.3, -0.25) is 9.59 Å². The first-order valence-corrected chi connectivity index (χ1v) is 7.95. The Morgan fingerprint density at radius 2 is 1.92 bits per heavy atom. The van der Waals surface area contributed by atoms with E-state index in [0.29, 0.717) is 6.42 Å². The molecule has 24 heavy (non-hydrogen) atoms. The Kier molecular flexibility index (Phi) is 5.61. The van der Waals surface area contributed by atoms with E-state index in [0.717, 1.165) is 23.1 Å². The second-order valence-corrected chi connectivity index (χ2v) is 6.22. The molecule has 0 unspecified atom stereocenters.